The standard InChI is InChI=1S/C16H24BrN3O/c1-2-15(14-9-12(17)3-4-16(14)21)20-10-13(11-20)19-7-5-18-6-8-19/h3-4,9,13,15,18,21H,2,5-8,10-11H2,1H3. The SMILES string of the molecule is CCC(c1cc(Br)ccc1O)N1CC(N2CCNCC2)C1. The number of aromatic hydroxyl groups is 1. The van der Waals surface area contributed by atoms with Crippen molar-refractivity contribution in [1.82, 2.24) is 15.1 Å². The Kier molecular flexibility index (Phi) is 4.84. The number of likely N-dealkylation sites (tertiary alicyclic amines) is 1. The zero-order valence-corrected chi connectivity index (χ0v) is 14.1. The summed E-state index contributed by atoms with van der Waals surface area (Å²) >= 11 is 3.51. The van der Waals surface area contributed by atoms with Crippen LogP contribution in [0, 0.1) is 0 Å². The van der Waals surface area contributed by atoms with Gasteiger partial charge in [-0.3, -0.25) is 9.80 Å². The van der Waals surface area contributed by atoms with Gasteiger partial charge < -0.3 is 10.4 Å². The number of hydrogen-bond acceptors (Lipinski definition) is 4. The van der Waals surface area contributed by atoms with Gasteiger partial charge in [-0.15, -0.1) is 0 Å². The Labute approximate surface area is 135 Å². The Hall–Kier alpha value is -0.620. The van der Waals surface area contributed by atoms with E-state index in [0.29, 0.717) is 17.8 Å². The second-order valence-electron chi connectivity index (χ2n) is 6.02. The fraction of sp³-hybridized carbons (Fsp3) is 0.625. The van der Waals surface area contributed by atoms with E-state index < -0.39 is 0 Å². The first kappa shape index (κ1) is 15.3. The number of benzene rings is 1. The van der Waals surface area contributed by atoms with E-state index in [1.54, 1.807) is 6.07 Å². The van der Waals surface area contributed by atoms with Crippen LogP contribution in [0.25, 0.3) is 0 Å². The molecule has 2 aliphatic heterocycles. The van der Waals surface area contributed by atoms with Crippen molar-refractivity contribution in [3.05, 3.63) is 28.2 Å². The molecule has 0 radical (unpaired) electrons. The maximum absolute atomic E-state index is 10.2. The van der Waals surface area contributed by atoms with Crippen LogP contribution in [0.4, 0.5) is 0 Å². The normalized spacial score (nSPS) is 23.0. The molecule has 2 fully saturated rings. The Morgan fingerprint density at radius 1 is 1.33 bits per heavy atom. The highest BCUT2D eigenvalue weighted by Crippen LogP contribution is 2.36. The Morgan fingerprint density at radius 2 is 2.05 bits per heavy atom. The average Bonchev–Trinajstić information content (AvgIpc) is 2.46. The van der Waals surface area contributed by atoms with Gasteiger partial charge in [-0.1, -0.05) is 22.9 Å². The van der Waals surface area contributed by atoms with Gasteiger partial charge in [0.15, 0.2) is 0 Å². The van der Waals surface area contributed by atoms with E-state index >= 15 is 0 Å². The van der Waals surface area contributed by atoms with Gasteiger partial charge in [0.2, 0.25) is 0 Å². The number of phenols is 1. The maximum atomic E-state index is 10.2. The number of rotatable bonds is 4. The zero-order chi connectivity index (χ0) is 14.8. The molecule has 21 heavy (non-hydrogen) atoms. The second kappa shape index (κ2) is 6.65. The molecule has 0 bridgehead atoms. The van der Waals surface area contributed by atoms with Gasteiger partial charge in [-0.2, -0.15) is 0 Å². The third-order valence-corrected chi connectivity index (χ3v) is 5.23. The summed E-state index contributed by atoms with van der Waals surface area (Å²) in [6.07, 6.45) is 1.03. The lowest BCUT2D eigenvalue weighted by molar-refractivity contribution is -0.00288. The molecule has 1 atom stereocenters. The molecule has 1 aromatic rings. The molecule has 5 heteroatoms. The number of nitrogens with one attached hydrogen (secondary N) is 1. The van der Waals surface area contributed by atoms with E-state index in [1.807, 2.05) is 6.07 Å². The highest BCUT2D eigenvalue weighted by atomic mass is 79.9. The van der Waals surface area contributed by atoms with Crippen molar-refractivity contribution in [2.75, 3.05) is 39.3 Å². The van der Waals surface area contributed by atoms with E-state index in [9.17, 15) is 5.11 Å². The Balaban J connectivity index is 1.64. The van der Waals surface area contributed by atoms with Crippen molar-refractivity contribution in [2.45, 2.75) is 25.4 Å². The van der Waals surface area contributed by atoms with Crippen LogP contribution in [-0.2, 0) is 0 Å². The lowest BCUT2D eigenvalue weighted by atomic mass is 9.95. The summed E-state index contributed by atoms with van der Waals surface area (Å²) < 4.78 is 1.04. The van der Waals surface area contributed by atoms with Crippen LogP contribution in [0.15, 0.2) is 22.7 Å². The molecule has 2 N–H and O–H groups in total. The highest BCUT2D eigenvalue weighted by Gasteiger charge is 2.36. The maximum Gasteiger partial charge on any atom is 0.120 e. The molecular weight excluding hydrogens is 330 g/mol. The van der Waals surface area contributed by atoms with Crippen LogP contribution in [0.2, 0.25) is 0 Å². The lowest BCUT2D eigenvalue weighted by Crippen LogP contribution is -2.63. The van der Waals surface area contributed by atoms with Crippen LogP contribution in [0.1, 0.15) is 24.9 Å². The number of halogens is 1. The summed E-state index contributed by atoms with van der Waals surface area (Å²) in [5, 5.41) is 13.6. The molecule has 2 aliphatic rings. The molecule has 0 aromatic heterocycles. The molecule has 1 unspecified atom stereocenters. The molecule has 4 nitrogen and oxygen atoms in total. The van der Waals surface area contributed by atoms with Gasteiger partial charge >= 0.3 is 0 Å². The average molecular weight is 354 g/mol. The number of phenolic OH excluding ortho intramolecular Hbond substituents is 1. The molecule has 2 heterocycles. The van der Waals surface area contributed by atoms with Gasteiger partial charge in [-0.05, 0) is 24.6 Å². The first-order chi connectivity index (χ1) is 10.2. The van der Waals surface area contributed by atoms with Crippen LogP contribution < -0.4 is 5.32 Å². The Bertz CT molecular complexity index is 484. The van der Waals surface area contributed by atoms with Crippen molar-refractivity contribution in [3.8, 4) is 5.75 Å². The van der Waals surface area contributed by atoms with E-state index in [0.717, 1.165) is 55.7 Å². The molecular formula is C16H24BrN3O. The summed E-state index contributed by atoms with van der Waals surface area (Å²) in [7, 11) is 0. The molecule has 1 aromatic carbocycles. The summed E-state index contributed by atoms with van der Waals surface area (Å²) in [5.74, 6) is 0.413. The molecule has 116 valence electrons. The predicted molar refractivity (Wildman–Crippen MR) is 88.6 cm³/mol. The van der Waals surface area contributed by atoms with Gasteiger partial charge in [0.1, 0.15) is 5.75 Å². The Morgan fingerprint density at radius 3 is 2.71 bits per heavy atom. The molecule has 0 saturated carbocycles. The summed E-state index contributed by atoms with van der Waals surface area (Å²) in [5.41, 5.74) is 1.05. The third-order valence-electron chi connectivity index (χ3n) is 4.73. The van der Waals surface area contributed by atoms with Gasteiger partial charge in [0.05, 0.1) is 0 Å². The van der Waals surface area contributed by atoms with Gasteiger partial charge in [-0.25, -0.2) is 0 Å². The van der Waals surface area contributed by atoms with Crippen molar-refractivity contribution < 1.29 is 5.11 Å². The number of piperazine rings is 1. The van der Waals surface area contributed by atoms with Gasteiger partial charge in [0.25, 0.3) is 0 Å². The molecule has 0 spiro atoms. The predicted octanol–water partition coefficient (Wildman–Crippen LogP) is 2.20. The fourth-order valence-corrected chi connectivity index (χ4v) is 3.87. The van der Waals surface area contributed by atoms with Crippen LogP contribution in [-0.4, -0.2) is 60.2 Å². The summed E-state index contributed by atoms with van der Waals surface area (Å²) in [6.45, 7) is 8.98. The molecule has 3 rings (SSSR count). The third kappa shape index (κ3) is 3.26. The first-order valence-electron chi connectivity index (χ1n) is 7.86. The fourth-order valence-electron chi connectivity index (χ4n) is 3.49. The second-order valence-corrected chi connectivity index (χ2v) is 6.94. The zero-order valence-electron chi connectivity index (χ0n) is 12.6. The van der Waals surface area contributed by atoms with Gasteiger partial charge in [0, 0.05) is 61.4 Å². The topological polar surface area (TPSA) is 38.7 Å². The van der Waals surface area contributed by atoms with Crippen molar-refractivity contribution >= 4 is 15.9 Å². The van der Waals surface area contributed by atoms with E-state index in [2.05, 4.69) is 44.0 Å². The minimum absolute atomic E-state index is 0.321. The monoisotopic (exact) mass is 353 g/mol. The smallest absolute Gasteiger partial charge is 0.120 e. The highest BCUT2D eigenvalue weighted by molar-refractivity contribution is 9.10. The molecule has 0 aliphatic carbocycles. The minimum atomic E-state index is 0.321. The van der Waals surface area contributed by atoms with E-state index in [4.69, 9.17) is 0 Å². The first-order valence-corrected chi connectivity index (χ1v) is 8.65. The quantitative estimate of drug-likeness (QED) is 0.870. The lowest BCUT2D eigenvalue weighted by Gasteiger charge is -2.50. The summed E-state index contributed by atoms with van der Waals surface area (Å²) in [6, 6.07) is 6.75. The van der Waals surface area contributed by atoms with E-state index in [-0.39, 0.29) is 0 Å². The van der Waals surface area contributed by atoms with Crippen LogP contribution in [0.5, 0.6) is 5.75 Å². The number of nitrogens with zero attached hydrogens (tertiary/aromatic N) is 2. The van der Waals surface area contributed by atoms with E-state index in [1.165, 1.54) is 0 Å². The number of hydrogen-bond donors (Lipinski definition) is 2. The van der Waals surface area contributed by atoms with Crippen LogP contribution >= 0.6 is 15.9 Å². The molecule has 0 amide bonds. The van der Waals surface area contributed by atoms with Crippen LogP contribution in [0.3, 0.4) is 0 Å². The van der Waals surface area contributed by atoms with Crippen molar-refractivity contribution in [1.29, 1.82) is 0 Å². The van der Waals surface area contributed by atoms with Crippen molar-refractivity contribution in [3.63, 3.8) is 0 Å². The largest absolute Gasteiger partial charge is 0.508 e. The summed E-state index contributed by atoms with van der Waals surface area (Å²) in [4.78, 5) is 5.09. The minimum Gasteiger partial charge on any atom is -0.508 e. The van der Waals surface area contributed by atoms with Crippen molar-refractivity contribution in [2.24, 2.45) is 0 Å². The molecule has 2 saturated heterocycles.